The van der Waals surface area contributed by atoms with Gasteiger partial charge in [0.2, 0.25) is 0 Å². The van der Waals surface area contributed by atoms with Crippen LogP contribution in [0.1, 0.15) is 59.3 Å². The average Bonchev–Trinajstić information content (AvgIpc) is 3.04. The first-order valence-electron chi connectivity index (χ1n) is 9.00. The van der Waals surface area contributed by atoms with Crippen molar-refractivity contribution < 1.29 is 7.91 Å². The molecule has 0 unspecified atom stereocenters. The molecule has 132 valence electrons. The predicted octanol–water partition coefficient (Wildman–Crippen LogP) is 4.96. The fourth-order valence-electron chi connectivity index (χ4n) is 2.71. The molecule has 0 aliphatic rings. The summed E-state index contributed by atoms with van der Waals surface area (Å²) >= 11 is -2.58. The van der Waals surface area contributed by atoms with Crippen molar-refractivity contribution in [3.05, 3.63) is 12.3 Å². The van der Waals surface area contributed by atoms with Crippen LogP contribution < -0.4 is 4.84 Å². The molecular weight excluding hydrogens is 397 g/mol. The number of hydrogen-bond donors (Lipinski definition) is 0. The Morgan fingerprint density at radius 3 is 2.09 bits per heavy atom. The monoisotopic (exact) mass is 431 g/mol. The van der Waals surface area contributed by atoms with Crippen molar-refractivity contribution in [3.63, 3.8) is 0 Å². The van der Waals surface area contributed by atoms with Gasteiger partial charge in [-0.25, -0.2) is 0 Å². The minimum absolute atomic E-state index is 0.633. The van der Waals surface area contributed by atoms with E-state index in [9.17, 15) is 0 Å². The minimum atomic E-state index is -2.58. The van der Waals surface area contributed by atoms with Crippen molar-refractivity contribution in [1.82, 2.24) is 9.94 Å². The van der Waals surface area contributed by atoms with Gasteiger partial charge in [-0.05, 0) is 0 Å². The van der Waals surface area contributed by atoms with Gasteiger partial charge in [0.15, 0.2) is 0 Å². The van der Waals surface area contributed by atoms with Crippen LogP contribution >= 0.6 is 0 Å². The zero-order chi connectivity index (χ0) is 17.0. The van der Waals surface area contributed by atoms with Crippen molar-refractivity contribution in [2.75, 3.05) is 7.11 Å². The average molecular weight is 430 g/mol. The second-order valence-electron chi connectivity index (χ2n) is 6.11. The van der Waals surface area contributed by atoms with Crippen LogP contribution in [0.4, 0.5) is 5.82 Å². The Morgan fingerprint density at radius 1 is 1.09 bits per heavy atom. The van der Waals surface area contributed by atoms with Crippen LogP contribution in [0.15, 0.2) is 17.3 Å². The molecule has 0 fully saturated rings. The van der Waals surface area contributed by atoms with Crippen LogP contribution in [0.2, 0.25) is 13.3 Å². The summed E-state index contributed by atoms with van der Waals surface area (Å²) in [7, 11) is 1.58. The van der Waals surface area contributed by atoms with Gasteiger partial charge in [0.05, 0.1) is 0 Å². The number of unbranched alkanes of at least 4 members (excludes halogenated alkanes) is 3. The van der Waals surface area contributed by atoms with E-state index in [1.165, 1.54) is 56.7 Å². The molecule has 0 aliphatic heterocycles. The number of aliphatic imine (C=N–C) groups is 1. The SMILES string of the molecule is CCC[CH2][Sn]([CH2]CCC)([CH2]CCC)[O]C=Nc1ccn(OC)n1. The fraction of sp³-hybridized carbons (Fsp3) is 0.765. The second-order valence-corrected chi connectivity index (χ2v) is 17.8. The van der Waals surface area contributed by atoms with E-state index >= 15 is 0 Å². The maximum atomic E-state index is 6.41. The Labute approximate surface area is 145 Å². The molecule has 0 atom stereocenters. The molecule has 6 heteroatoms. The molecule has 1 heterocycles. The Balaban J connectivity index is 2.74. The van der Waals surface area contributed by atoms with E-state index in [1.54, 1.807) is 19.7 Å². The summed E-state index contributed by atoms with van der Waals surface area (Å²) in [6.45, 7) is 6.80. The quantitative estimate of drug-likeness (QED) is 0.253. The van der Waals surface area contributed by atoms with Crippen LogP contribution in [0.25, 0.3) is 0 Å². The third-order valence-corrected chi connectivity index (χ3v) is 16.7. The fourth-order valence-corrected chi connectivity index (χ4v) is 15.2. The van der Waals surface area contributed by atoms with Gasteiger partial charge in [-0.1, -0.05) is 0 Å². The number of nitrogens with zero attached hydrogens (tertiary/aromatic N) is 3. The third kappa shape index (κ3) is 7.59. The second kappa shape index (κ2) is 11.8. The number of rotatable bonds is 13. The molecular formula is C17H33N3O2Sn. The third-order valence-electron chi connectivity index (χ3n) is 4.18. The van der Waals surface area contributed by atoms with E-state index in [-0.39, 0.29) is 0 Å². The Hall–Kier alpha value is -0.721. The summed E-state index contributed by atoms with van der Waals surface area (Å²) in [4.78, 5) is 10.8. The molecule has 0 amide bonds. The molecule has 1 aromatic rings. The van der Waals surface area contributed by atoms with Crippen molar-refractivity contribution >= 4 is 31.0 Å². The van der Waals surface area contributed by atoms with E-state index in [4.69, 9.17) is 7.91 Å². The molecule has 1 aromatic heterocycles. The predicted molar refractivity (Wildman–Crippen MR) is 98.9 cm³/mol. The van der Waals surface area contributed by atoms with Crippen molar-refractivity contribution in [1.29, 1.82) is 0 Å². The molecule has 1 rings (SSSR count). The zero-order valence-electron chi connectivity index (χ0n) is 15.3. The van der Waals surface area contributed by atoms with Gasteiger partial charge in [0.1, 0.15) is 0 Å². The van der Waals surface area contributed by atoms with E-state index < -0.39 is 18.8 Å². The van der Waals surface area contributed by atoms with Gasteiger partial charge < -0.3 is 0 Å². The van der Waals surface area contributed by atoms with Gasteiger partial charge in [-0.2, -0.15) is 0 Å². The van der Waals surface area contributed by atoms with Crippen molar-refractivity contribution in [2.24, 2.45) is 4.99 Å². The summed E-state index contributed by atoms with van der Waals surface area (Å²) in [6.07, 6.45) is 11.0. The summed E-state index contributed by atoms with van der Waals surface area (Å²) in [5, 5.41) is 4.17. The van der Waals surface area contributed by atoms with Gasteiger partial charge in [-0.15, -0.1) is 0 Å². The maximum absolute atomic E-state index is 6.41. The topological polar surface area (TPSA) is 48.6 Å². The Kier molecular flexibility index (Phi) is 10.4. The molecule has 0 N–H and O–H groups in total. The van der Waals surface area contributed by atoms with Crippen LogP contribution in [0.3, 0.4) is 0 Å². The molecule has 0 spiro atoms. The molecule has 0 bridgehead atoms. The first kappa shape index (κ1) is 20.3. The number of hydrogen-bond acceptors (Lipinski definition) is 4. The first-order chi connectivity index (χ1) is 11.2. The van der Waals surface area contributed by atoms with E-state index in [0.29, 0.717) is 5.82 Å². The molecule has 0 saturated carbocycles. The first-order valence-corrected chi connectivity index (χ1v) is 16.2. The molecule has 5 nitrogen and oxygen atoms in total. The Morgan fingerprint density at radius 2 is 1.65 bits per heavy atom. The normalized spacial score (nSPS) is 12.0. The van der Waals surface area contributed by atoms with Crippen molar-refractivity contribution in [2.45, 2.75) is 72.6 Å². The molecule has 23 heavy (non-hydrogen) atoms. The van der Waals surface area contributed by atoms with E-state index in [1.807, 2.05) is 6.07 Å². The molecule has 0 aliphatic carbocycles. The van der Waals surface area contributed by atoms with Gasteiger partial charge in [0, 0.05) is 0 Å². The van der Waals surface area contributed by atoms with Gasteiger partial charge >= 0.3 is 146 Å². The Bertz CT molecular complexity index is 427. The van der Waals surface area contributed by atoms with Crippen LogP contribution in [-0.2, 0) is 3.07 Å². The molecule has 0 saturated heterocycles. The van der Waals surface area contributed by atoms with Crippen molar-refractivity contribution in [3.8, 4) is 0 Å². The zero-order valence-corrected chi connectivity index (χ0v) is 18.1. The van der Waals surface area contributed by atoms with E-state index in [0.717, 1.165) is 0 Å². The summed E-state index contributed by atoms with van der Waals surface area (Å²) in [5.41, 5.74) is 0. The van der Waals surface area contributed by atoms with Crippen LogP contribution in [0, 0.1) is 0 Å². The summed E-state index contributed by atoms with van der Waals surface area (Å²) < 4.78 is 10.3. The molecule has 0 radical (unpaired) electrons. The van der Waals surface area contributed by atoms with E-state index in [2.05, 4.69) is 30.9 Å². The summed E-state index contributed by atoms with van der Waals surface area (Å²) in [5.74, 6) is 0.633. The standard InChI is InChI=1S/C5H7N3O2.3C4H9.Sn/c1-10-8-3-2-5(7-8)6-4-9;3*1-3-4-2;/h2-4H,1H3,(H,6,7,9);3*1,3-4H2,2H3;/q;;;;+1/p-1. The molecule has 0 aromatic carbocycles. The van der Waals surface area contributed by atoms with Crippen LogP contribution in [0.5, 0.6) is 0 Å². The number of aromatic nitrogens is 2. The summed E-state index contributed by atoms with van der Waals surface area (Å²) in [6, 6.07) is 1.82. The van der Waals surface area contributed by atoms with Gasteiger partial charge in [0.25, 0.3) is 0 Å². The van der Waals surface area contributed by atoms with Gasteiger partial charge in [-0.3, -0.25) is 0 Å². The van der Waals surface area contributed by atoms with Crippen LogP contribution in [-0.4, -0.2) is 42.2 Å².